The molecule has 22 heavy (non-hydrogen) atoms. The van der Waals surface area contributed by atoms with Crippen LogP contribution in [-0.4, -0.2) is 22.8 Å². The molecule has 0 radical (unpaired) electrons. The molecule has 1 aromatic heterocycles. The molecule has 0 aliphatic carbocycles. The second-order valence-electron chi connectivity index (χ2n) is 4.95. The van der Waals surface area contributed by atoms with Gasteiger partial charge in [-0.25, -0.2) is 0 Å². The molecule has 2 atom stereocenters. The quantitative estimate of drug-likeness (QED) is 0.756. The fourth-order valence-corrected chi connectivity index (χ4v) is 3.06. The molecule has 0 saturated heterocycles. The monoisotopic (exact) mass is 339 g/mol. The van der Waals surface area contributed by atoms with Crippen molar-refractivity contribution in [2.24, 2.45) is 0 Å². The first-order valence-electron chi connectivity index (χ1n) is 6.94. The average molecular weight is 340 g/mol. The highest BCUT2D eigenvalue weighted by molar-refractivity contribution is 8.00. The number of rotatable bonds is 7. The number of hydrogen-bond donors (Lipinski definition) is 2. The summed E-state index contributed by atoms with van der Waals surface area (Å²) in [6.07, 6.45) is 1.19. The van der Waals surface area contributed by atoms with Crippen molar-refractivity contribution in [3.05, 3.63) is 53.4 Å². The Bertz CT molecular complexity index is 603. The summed E-state index contributed by atoms with van der Waals surface area (Å²) in [4.78, 5) is 12.8. The highest BCUT2D eigenvalue weighted by atomic mass is 35.5. The lowest BCUT2D eigenvalue weighted by molar-refractivity contribution is -0.119. The first-order chi connectivity index (χ1) is 10.6. The summed E-state index contributed by atoms with van der Waals surface area (Å²) < 4.78 is 5.14. The molecule has 0 aliphatic heterocycles. The van der Waals surface area contributed by atoms with Gasteiger partial charge in [0.25, 0.3) is 0 Å². The van der Waals surface area contributed by atoms with Crippen molar-refractivity contribution < 1.29 is 14.3 Å². The molecule has 1 aromatic carbocycles. The first-order valence-corrected chi connectivity index (χ1v) is 8.30. The lowest BCUT2D eigenvalue weighted by Crippen LogP contribution is -2.34. The molecule has 2 rings (SSSR count). The number of benzene rings is 1. The number of carbonyl (C=O) groups is 1. The summed E-state index contributed by atoms with van der Waals surface area (Å²) in [6, 6.07) is 10.7. The third kappa shape index (κ3) is 5.09. The average Bonchev–Trinajstić information content (AvgIpc) is 3.00. The van der Waals surface area contributed by atoms with Crippen LogP contribution in [0.5, 0.6) is 0 Å². The molecular formula is C16H18ClNO3S. The Morgan fingerprint density at radius 3 is 2.82 bits per heavy atom. The van der Waals surface area contributed by atoms with E-state index in [-0.39, 0.29) is 17.7 Å². The normalized spacial score (nSPS) is 13.6. The van der Waals surface area contributed by atoms with E-state index in [1.807, 2.05) is 25.1 Å². The molecule has 0 aliphatic rings. The van der Waals surface area contributed by atoms with Gasteiger partial charge in [-0.15, -0.1) is 11.8 Å². The Morgan fingerprint density at radius 1 is 1.36 bits per heavy atom. The lowest BCUT2D eigenvalue weighted by Gasteiger charge is -2.16. The van der Waals surface area contributed by atoms with Gasteiger partial charge in [-0.3, -0.25) is 4.79 Å². The van der Waals surface area contributed by atoms with Crippen LogP contribution in [0.1, 0.15) is 25.2 Å². The van der Waals surface area contributed by atoms with Crippen molar-refractivity contribution >= 4 is 29.3 Å². The molecule has 0 fully saturated rings. The van der Waals surface area contributed by atoms with Crippen molar-refractivity contribution in [3.63, 3.8) is 0 Å². The number of amides is 1. The number of nitrogens with one attached hydrogen (secondary N) is 1. The molecule has 0 bridgehead atoms. The highest BCUT2D eigenvalue weighted by Crippen LogP contribution is 2.26. The number of furan rings is 1. The van der Waals surface area contributed by atoms with Crippen LogP contribution in [0.3, 0.4) is 0 Å². The largest absolute Gasteiger partial charge is 0.467 e. The van der Waals surface area contributed by atoms with Crippen molar-refractivity contribution in [1.82, 2.24) is 5.32 Å². The fraction of sp³-hybridized carbons (Fsp3) is 0.312. The number of halogens is 1. The third-order valence-electron chi connectivity index (χ3n) is 3.05. The zero-order valence-electron chi connectivity index (χ0n) is 12.2. The predicted molar refractivity (Wildman–Crippen MR) is 88.1 cm³/mol. The third-order valence-corrected chi connectivity index (χ3v) is 4.57. The molecule has 118 valence electrons. The summed E-state index contributed by atoms with van der Waals surface area (Å²) >= 11 is 7.43. The minimum atomic E-state index is -0.721. The van der Waals surface area contributed by atoms with Gasteiger partial charge in [-0.05, 0) is 31.2 Å². The van der Waals surface area contributed by atoms with Crippen LogP contribution in [0, 0.1) is 0 Å². The Kier molecular flexibility index (Phi) is 6.36. The predicted octanol–water partition coefficient (Wildman–Crippen LogP) is 3.65. The molecule has 1 heterocycles. The van der Waals surface area contributed by atoms with Gasteiger partial charge < -0.3 is 14.8 Å². The first kappa shape index (κ1) is 16.9. The maximum Gasteiger partial charge on any atom is 0.230 e. The number of hydrogen-bond acceptors (Lipinski definition) is 4. The van der Waals surface area contributed by atoms with E-state index in [4.69, 9.17) is 16.0 Å². The number of aliphatic hydroxyl groups excluding tert-OH is 1. The van der Waals surface area contributed by atoms with E-state index >= 15 is 0 Å². The number of carbonyl (C=O) groups excluding carboxylic acids is 1. The minimum Gasteiger partial charge on any atom is -0.467 e. The van der Waals surface area contributed by atoms with Crippen LogP contribution < -0.4 is 5.32 Å². The van der Waals surface area contributed by atoms with Crippen LogP contribution >= 0.6 is 23.4 Å². The standard InChI is InChI=1S/C16H18ClNO3S/c1-11(9-13(19)14-6-4-8-21-14)18-16(20)10-22-15-7-3-2-5-12(15)17/h2-8,11,13,19H,9-10H2,1H3,(H,18,20). The van der Waals surface area contributed by atoms with Crippen molar-refractivity contribution in [2.45, 2.75) is 30.4 Å². The molecular weight excluding hydrogens is 322 g/mol. The molecule has 0 saturated carbocycles. The van der Waals surface area contributed by atoms with E-state index in [0.29, 0.717) is 17.2 Å². The van der Waals surface area contributed by atoms with Gasteiger partial charge in [0, 0.05) is 17.4 Å². The summed E-state index contributed by atoms with van der Waals surface area (Å²) in [5.74, 6) is 0.695. The van der Waals surface area contributed by atoms with E-state index < -0.39 is 6.10 Å². The molecule has 0 spiro atoms. The van der Waals surface area contributed by atoms with Gasteiger partial charge in [0.1, 0.15) is 11.9 Å². The van der Waals surface area contributed by atoms with Gasteiger partial charge in [0.15, 0.2) is 0 Å². The summed E-state index contributed by atoms with van der Waals surface area (Å²) in [7, 11) is 0. The summed E-state index contributed by atoms with van der Waals surface area (Å²) in [6.45, 7) is 1.85. The van der Waals surface area contributed by atoms with E-state index in [1.54, 1.807) is 18.2 Å². The SMILES string of the molecule is CC(CC(O)c1ccco1)NC(=O)CSc1ccccc1Cl. The molecule has 2 aromatic rings. The molecule has 4 nitrogen and oxygen atoms in total. The molecule has 2 unspecified atom stereocenters. The second-order valence-corrected chi connectivity index (χ2v) is 6.38. The van der Waals surface area contributed by atoms with Gasteiger partial charge in [0.2, 0.25) is 5.91 Å². The molecule has 6 heteroatoms. The number of aliphatic hydroxyl groups is 1. The maximum absolute atomic E-state index is 11.9. The lowest BCUT2D eigenvalue weighted by atomic mass is 10.1. The Balaban J connectivity index is 1.76. The Hall–Kier alpha value is -1.43. The van der Waals surface area contributed by atoms with Crippen LogP contribution in [-0.2, 0) is 4.79 Å². The smallest absolute Gasteiger partial charge is 0.230 e. The van der Waals surface area contributed by atoms with E-state index in [0.717, 1.165) is 4.90 Å². The minimum absolute atomic E-state index is 0.0935. The Labute approximate surface area is 138 Å². The zero-order chi connectivity index (χ0) is 15.9. The van der Waals surface area contributed by atoms with Gasteiger partial charge in [0.05, 0.1) is 17.0 Å². The zero-order valence-corrected chi connectivity index (χ0v) is 13.7. The van der Waals surface area contributed by atoms with Gasteiger partial charge in [-0.1, -0.05) is 23.7 Å². The molecule has 2 N–H and O–H groups in total. The van der Waals surface area contributed by atoms with Crippen LogP contribution in [0.4, 0.5) is 0 Å². The van der Waals surface area contributed by atoms with Crippen LogP contribution in [0.2, 0.25) is 5.02 Å². The Morgan fingerprint density at radius 2 is 2.14 bits per heavy atom. The van der Waals surface area contributed by atoms with Gasteiger partial charge >= 0.3 is 0 Å². The second kappa shape index (κ2) is 8.27. The topological polar surface area (TPSA) is 62.5 Å². The van der Waals surface area contributed by atoms with Crippen molar-refractivity contribution in [1.29, 1.82) is 0 Å². The number of thioether (sulfide) groups is 1. The summed E-state index contributed by atoms with van der Waals surface area (Å²) in [5.41, 5.74) is 0. The highest BCUT2D eigenvalue weighted by Gasteiger charge is 2.16. The molecule has 1 amide bonds. The van der Waals surface area contributed by atoms with E-state index in [2.05, 4.69) is 5.32 Å². The van der Waals surface area contributed by atoms with Crippen molar-refractivity contribution in [3.8, 4) is 0 Å². The van der Waals surface area contributed by atoms with Crippen LogP contribution in [0.25, 0.3) is 0 Å². The fourth-order valence-electron chi connectivity index (χ4n) is 2.01. The van der Waals surface area contributed by atoms with E-state index in [1.165, 1.54) is 18.0 Å². The summed E-state index contributed by atoms with van der Waals surface area (Å²) in [5, 5.41) is 13.5. The van der Waals surface area contributed by atoms with Gasteiger partial charge in [-0.2, -0.15) is 0 Å². The van der Waals surface area contributed by atoms with Crippen LogP contribution in [0.15, 0.2) is 52.0 Å². The van der Waals surface area contributed by atoms with E-state index in [9.17, 15) is 9.90 Å². The van der Waals surface area contributed by atoms with Crippen molar-refractivity contribution in [2.75, 3.05) is 5.75 Å². The maximum atomic E-state index is 11.9.